The molecular weight excluding hydrogens is 560 g/mol. The highest BCUT2D eigenvalue weighted by Crippen LogP contribution is 2.44. The van der Waals surface area contributed by atoms with Crippen molar-refractivity contribution in [2.24, 2.45) is 0 Å². The molecule has 3 aromatic carbocycles. The molecule has 0 bridgehead atoms. The number of esters is 1. The Labute approximate surface area is 256 Å². The summed E-state index contributed by atoms with van der Waals surface area (Å²) in [7, 11) is 0. The van der Waals surface area contributed by atoms with E-state index in [1.165, 1.54) is 0 Å². The van der Waals surface area contributed by atoms with Gasteiger partial charge in [0.2, 0.25) is 0 Å². The van der Waals surface area contributed by atoms with E-state index in [9.17, 15) is 14.4 Å². The number of hydrogen-bond acceptors (Lipinski definition) is 7. The molecule has 0 radical (unpaired) electrons. The van der Waals surface area contributed by atoms with Crippen molar-refractivity contribution in [3.63, 3.8) is 0 Å². The van der Waals surface area contributed by atoms with Gasteiger partial charge >= 0.3 is 12.1 Å². The zero-order valence-corrected chi connectivity index (χ0v) is 25.7. The predicted octanol–water partition coefficient (Wildman–Crippen LogP) is 5.57. The van der Waals surface area contributed by atoms with E-state index in [2.05, 4.69) is 34.9 Å². The number of benzene rings is 3. The number of alkyl carbamates (subject to hydrolysis) is 1. The molecule has 0 unspecified atom stereocenters. The van der Waals surface area contributed by atoms with Gasteiger partial charge in [-0.1, -0.05) is 48.5 Å². The zero-order chi connectivity index (χ0) is 31.4. The van der Waals surface area contributed by atoms with Gasteiger partial charge in [-0.3, -0.25) is 4.79 Å². The Balaban J connectivity index is 1.31. The molecule has 2 amide bonds. The van der Waals surface area contributed by atoms with Crippen LogP contribution in [0, 0.1) is 0 Å². The predicted molar refractivity (Wildman–Crippen MR) is 167 cm³/mol. The first-order valence-electron chi connectivity index (χ1n) is 14.8. The van der Waals surface area contributed by atoms with Gasteiger partial charge in [-0.05, 0) is 62.9 Å². The minimum atomic E-state index is -0.664. The Bertz CT molecular complexity index is 1660. The monoisotopic (exact) mass is 598 g/mol. The highest BCUT2D eigenvalue weighted by molar-refractivity contribution is 6.00. The lowest BCUT2D eigenvalue weighted by Gasteiger charge is -2.20. The summed E-state index contributed by atoms with van der Waals surface area (Å²) in [6.45, 7) is 10.0. The Morgan fingerprint density at radius 3 is 2.20 bits per heavy atom. The number of nitrogens with one attached hydrogen (secondary N) is 2. The molecule has 0 atom stereocenters. The van der Waals surface area contributed by atoms with Crippen molar-refractivity contribution in [1.29, 1.82) is 0 Å². The number of hydrogen-bond donors (Lipinski definition) is 2. The van der Waals surface area contributed by atoms with Crippen LogP contribution in [-0.2, 0) is 27.4 Å². The molecule has 230 valence electrons. The number of carbonyl (C=O) groups excluding carboxylic acids is 3. The van der Waals surface area contributed by atoms with Gasteiger partial charge in [0.1, 0.15) is 23.8 Å². The molecule has 0 aliphatic heterocycles. The smallest absolute Gasteiger partial charge is 0.407 e. The third kappa shape index (κ3) is 6.54. The number of imidazole rings is 1. The number of ether oxygens (including phenoxy) is 3. The average molecular weight is 599 g/mol. The lowest BCUT2D eigenvalue weighted by atomic mass is 9.98. The quantitative estimate of drug-likeness (QED) is 0.229. The second-order valence-electron chi connectivity index (χ2n) is 11.5. The van der Waals surface area contributed by atoms with Gasteiger partial charge < -0.3 is 29.4 Å². The minimum absolute atomic E-state index is 0.0415. The van der Waals surface area contributed by atoms with E-state index in [0.29, 0.717) is 29.9 Å². The largest absolute Gasteiger partial charge is 0.481 e. The summed E-state index contributed by atoms with van der Waals surface area (Å²) >= 11 is 0. The molecule has 5 rings (SSSR count). The molecule has 0 fully saturated rings. The fourth-order valence-corrected chi connectivity index (χ4v) is 5.55. The topological polar surface area (TPSA) is 121 Å². The lowest BCUT2D eigenvalue weighted by Crippen LogP contribution is -2.28. The third-order valence-corrected chi connectivity index (χ3v) is 7.33. The van der Waals surface area contributed by atoms with Crippen LogP contribution in [0.3, 0.4) is 0 Å². The summed E-state index contributed by atoms with van der Waals surface area (Å²) in [6, 6.07) is 19.7. The third-order valence-electron chi connectivity index (χ3n) is 7.33. The standard InChI is InChI=1S/C34H38N4O6/c1-6-35-32(40)25-16-27-28(17-29(25)42-20-31(39)44-34(3,4)5)38(7-2)30(37-27)18-36-33(41)43-19-26-23-14-10-8-12-21(23)22-13-9-11-15-24(22)26/h8-17,26H,6-7,18-20H2,1-5H3,(H,35,40)(H,36,41). The number of aryl methyl sites for hydroxylation is 1. The number of aromatic nitrogens is 2. The zero-order valence-electron chi connectivity index (χ0n) is 25.7. The maximum Gasteiger partial charge on any atom is 0.407 e. The first-order chi connectivity index (χ1) is 21.1. The number of amides is 2. The van der Waals surface area contributed by atoms with E-state index < -0.39 is 17.7 Å². The molecule has 1 aliphatic carbocycles. The maximum absolute atomic E-state index is 12.9. The van der Waals surface area contributed by atoms with Gasteiger partial charge in [-0.15, -0.1) is 0 Å². The van der Waals surface area contributed by atoms with Crippen molar-refractivity contribution in [3.05, 3.63) is 83.2 Å². The summed E-state index contributed by atoms with van der Waals surface area (Å²) in [5.41, 5.74) is 5.45. The van der Waals surface area contributed by atoms with E-state index >= 15 is 0 Å². The van der Waals surface area contributed by atoms with E-state index in [1.54, 1.807) is 32.9 Å². The first kappa shape index (κ1) is 30.6. The second-order valence-corrected chi connectivity index (χ2v) is 11.5. The van der Waals surface area contributed by atoms with E-state index in [0.717, 1.165) is 22.3 Å². The number of nitrogens with zero attached hydrogens (tertiary/aromatic N) is 2. The highest BCUT2D eigenvalue weighted by Gasteiger charge is 2.29. The summed E-state index contributed by atoms with van der Waals surface area (Å²) < 4.78 is 18.8. The SMILES string of the molecule is CCNC(=O)c1cc2nc(CNC(=O)OCC3c4ccccc4-c4ccccc43)n(CC)c2cc1OCC(=O)OC(C)(C)C. The minimum Gasteiger partial charge on any atom is -0.481 e. The Morgan fingerprint density at radius 1 is 0.932 bits per heavy atom. The van der Waals surface area contributed by atoms with E-state index in [-0.39, 0.29) is 42.9 Å². The van der Waals surface area contributed by atoms with Crippen molar-refractivity contribution in [1.82, 2.24) is 20.2 Å². The molecule has 1 aliphatic rings. The molecule has 0 saturated carbocycles. The molecule has 1 heterocycles. The van der Waals surface area contributed by atoms with Crippen LogP contribution in [0.1, 0.15) is 67.8 Å². The molecule has 2 N–H and O–H groups in total. The van der Waals surface area contributed by atoms with Crippen LogP contribution in [0.4, 0.5) is 4.79 Å². The van der Waals surface area contributed by atoms with E-state index in [1.807, 2.05) is 42.7 Å². The van der Waals surface area contributed by atoms with Crippen LogP contribution in [0.5, 0.6) is 5.75 Å². The van der Waals surface area contributed by atoms with Crippen molar-refractivity contribution >= 4 is 29.0 Å². The second kappa shape index (κ2) is 12.8. The fourth-order valence-electron chi connectivity index (χ4n) is 5.55. The molecule has 4 aromatic rings. The number of carbonyl (C=O) groups is 3. The lowest BCUT2D eigenvalue weighted by molar-refractivity contribution is -0.157. The number of fused-ring (bicyclic) bond motifs is 4. The summed E-state index contributed by atoms with van der Waals surface area (Å²) in [4.78, 5) is 42.7. The van der Waals surface area contributed by atoms with Gasteiger partial charge in [-0.25, -0.2) is 14.6 Å². The molecule has 10 heteroatoms. The maximum atomic E-state index is 12.9. The Kier molecular flexibility index (Phi) is 8.89. The van der Waals surface area contributed by atoms with Gasteiger partial charge in [-0.2, -0.15) is 0 Å². The molecule has 10 nitrogen and oxygen atoms in total. The van der Waals surface area contributed by atoms with Gasteiger partial charge in [0.05, 0.1) is 23.1 Å². The normalized spacial score (nSPS) is 12.4. The molecule has 0 spiro atoms. The van der Waals surface area contributed by atoms with Crippen LogP contribution in [0.2, 0.25) is 0 Å². The molecule has 0 saturated heterocycles. The van der Waals surface area contributed by atoms with Crippen LogP contribution < -0.4 is 15.4 Å². The summed E-state index contributed by atoms with van der Waals surface area (Å²) in [5.74, 6) is -0.114. The highest BCUT2D eigenvalue weighted by atomic mass is 16.6. The average Bonchev–Trinajstić information content (AvgIpc) is 3.51. The first-order valence-corrected chi connectivity index (χ1v) is 14.8. The number of rotatable bonds is 10. The summed E-state index contributed by atoms with van der Waals surface area (Å²) in [5, 5.41) is 5.60. The Morgan fingerprint density at radius 2 is 1.59 bits per heavy atom. The van der Waals surface area contributed by atoms with Gasteiger partial charge in [0.15, 0.2) is 6.61 Å². The molecule has 1 aromatic heterocycles. The fraction of sp³-hybridized carbons (Fsp3) is 0.353. The summed E-state index contributed by atoms with van der Waals surface area (Å²) in [6.07, 6.45) is -0.550. The van der Waals surface area contributed by atoms with Crippen molar-refractivity contribution in [2.75, 3.05) is 19.8 Å². The molecular formula is C34H38N4O6. The van der Waals surface area contributed by atoms with Crippen LogP contribution >= 0.6 is 0 Å². The van der Waals surface area contributed by atoms with Gasteiger partial charge in [0, 0.05) is 25.1 Å². The van der Waals surface area contributed by atoms with Gasteiger partial charge in [0.25, 0.3) is 5.91 Å². The van der Waals surface area contributed by atoms with Crippen molar-refractivity contribution in [3.8, 4) is 16.9 Å². The van der Waals surface area contributed by atoms with Crippen LogP contribution in [0.25, 0.3) is 22.2 Å². The van der Waals surface area contributed by atoms with Crippen molar-refractivity contribution in [2.45, 2.75) is 59.2 Å². The molecule has 44 heavy (non-hydrogen) atoms. The van der Waals surface area contributed by atoms with Crippen LogP contribution in [0.15, 0.2) is 60.7 Å². The van der Waals surface area contributed by atoms with Crippen LogP contribution in [-0.4, -0.2) is 52.9 Å². The Hall–Kier alpha value is -4.86. The van der Waals surface area contributed by atoms with Crippen molar-refractivity contribution < 1.29 is 28.6 Å². The van der Waals surface area contributed by atoms with E-state index in [4.69, 9.17) is 19.2 Å².